The first kappa shape index (κ1) is 10.3. The molecule has 0 radical (unpaired) electrons. The van der Waals surface area contributed by atoms with Crippen molar-refractivity contribution in [3.63, 3.8) is 0 Å². The lowest BCUT2D eigenvalue weighted by Gasteiger charge is -2.18. The molecule has 1 aromatic rings. The SMILES string of the molecule is CC1CCn2nc(C3CCCCC3)nc2C1. The molecule has 1 atom stereocenters. The predicted octanol–water partition coefficient (Wildman–Crippen LogP) is 2.91. The highest BCUT2D eigenvalue weighted by Gasteiger charge is 2.24. The Morgan fingerprint density at radius 1 is 1.12 bits per heavy atom. The summed E-state index contributed by atoms with van der Waals surface area (Å²) in [6, 6.07) is 0. The van der Waals surface area contributed by atoms with Crippen LogP contribution in [0.4, 0.5) is 0 Å². The molecule has 3 rings (SSSR count). The van der Waals surface area contributed by atoms with Gasteiger partial charge in [-0.1, -0.05) is 26.2 Å². The van der Waals surface area contributed by atoms with Crippen molar-refractivity contribution in [1.82, 2.24) is 14.8 Å². The van der Waals surface area contributed by atoms with Crippen LogP contribution in [0.25, 0.3) is 0 Å². The minimum Gasteiger partial charge on any atom is -0.250 e. The Kier molecular flexibility index (Phi) is 2.70. The van der Waals surface area contributed by atoms with Crippen LogP contribution in [0.2, 0.25) is 0 Å². The van der Waals surface area contributed by atoms with Gasteiger partial charge in [0.1, 0.15) is 5.82 Å². The number of nitrogens with zero attached hydrogens (tertiary/aromatic N) is 3. The van der Waals surface area contributed by atoms with E-state index in [-0.39, 0.29) is 0 Å². The fourth-order valence-corrected chi connectivity index (χ4v) is 3.01. The summed E-state index contributed by atoms with van der Waals surface area (Å²) in [5.74, 6) is 3.82. The molecule has 1 aliphatic carbocycles. The summed E-state index contributed by atoms with van der Waals surface area (Å²) in [5.41, 5.74) is 0. The van der Waals surface area contributed by atoms with Crippen molar-refractivity contribution in [3.05, 3.63) is 11.6 Å². The summed E-state index contributed by atoms with van der Waals surface area (Å²) in [4.78, 5) is 4.78. The molecule has 1 aromatic heterocycles. The van der Waals surface area contributed by atoms with Crippen LogP contribution >= 0.6 is 0 Å². The van der Waals surface area contributed by atoms with Gasteiger partial charge in [0, 0.05) is 18.9 Å². The lowest BCUT2D eigenvalue weighted by molar-refractivity contribution is 0.382. The molecule has 3 nitrogen and oxygen atoms in total. The summed E-state index contributed by atoms with van der Waals surface area (Å²) >= 11 is 0. The monoisotopic (exact) mass is 219 g/mol. The molecular formula is C13H21N3. The first-order valence-electron chi connectivity index (χ1n) is 6.76. The van der Waals surface area contributed by atoms with Crippen molar-refractivity contribution < 1.29 is 0 Å². The van der Waals surface area contributed by atoms with Crippen LogP contribution in [0.3, 0.4) is 0 Å². The van der Waals surface area contributed by atoms with Gasteiger partial charge >= 0.3 is 0 Å². The van der Waals surface area contributed by atoms with E-state index in [0.29, 0.717) is 5.92 Å². The average Bonchev–Trinajstić information content (AvgIpc) is 2.73. The molecule has 2 aliphatic rings. The summed E-state index contributed by atoms with van der Waals surface area (Å²) < 4.78 is 2.16. The molecule has 0 spiro atoms. The van der Waals surface area contributed by atoms with E-state index in [0.717, 1.165) is 24.7 Å². The topological polar surface area (TPSA) is 30.7 Å². The predicted molar refractivity (Wildman–Crippen MR) is 63.3 cm³/mol. The molecule has 1 saturated carbocycles. The molecule has 1 unspecified atom stereocenters. The van der Waals surface area contributed by atoms with Crippen molar-refractivity contribution in [2.75, 3.05) is 0 Å². The standard InChI is InChI=1S/C13H21N3/c1-10-7-8-16-12(9-10)14-13(15-16)11-5-3-2-4-6-11/h10-11H,2-9H2,1H3. The molecule has 16 heavy (non-hydrogen) atoms. The molecule has 0 saturated heterocycles. The lowest BCUT2D eigenvalue weighted by atomic mass is 9.89. The smallest absolute Gasteiger partial charge is 0.154 e. The van der Waals surface area contributed by atoms with E-state index in [4.69, 9.17) is 10.1 Å². The van der Waals surface area contributed by atoms with Crippen LogP contribution in [0.15, 0.2) is 0 Å². The maximum absolute atomic E-state index is 4.78. The normalized spacial score (nSPS) is 26.7. The van der Waals surface area contributed by atoms with Crippen LogP contribution in [-0.2, 0) is 13.0 Å². The zero-order chi connectivity index (χ0) is 11.0. The van der Waals surface area contributed by atoms with Crippen LogP contribution in [0.5, 0.6) is 0 Å². The van der Waals surface area contributed by atoms with Crippen LogP contribution in [0, 0.1) is 5.92 Å². The largest absolute Gasteiger partial charge is 0.250 e. The number of aryl methyl sites for hydroxylation is 1. The van der Waals surface area contributed by atoms with Gasteiger partial charge in [-0.15, -0.1) is 0 Å². The van der Waals surface area contributed by atoms with Crippen molar-refractivity contribution in [2.45, 2.75) is 64.3 Å². The van der Waals surface area contributed by atoms with Gasteiger partial charge in [-0.3, -0.25) is 0 Å². The van der Waals surface area contributed by atoms with E-state index >= 15 is 0 Å². The Morgan fingerprint density at radius 3 is 2.75 bits per heavy atom. The molecule has 3 heteroatoms. The summed E-state index contributed by atoms with van der Waals surface area (Å²) in [7, 11) is 0. The van der Waals surface area contributed by atoms with E-state index in [1.54, 1.807) is 0 Å². The molecule has 1 fully saturated rings. The summed E-state index contributed by atoms with van der Waals surface area (Å²) in [6.45, 7) is 3.40. The fourth-order valence-electron chi connectivity index (χ4n) is 3.01. The van der Waals surface area contributed by atoms with Gasteiger partial charge < -0.3 is 0 Å². The highest BCUT2D eigenvalue weighted by molar-refractivity contribution is 5.02. The third-order valence-corrected chi connectivity index (χ3v) is 4.10. The van der Waals surface area contributed by atoms with E-state index in [1.165, 1.54) is 44.3 Å². The second-order valence-electron chi connectivity index (χ2n) is 5.54. The maximum Gasteiger partial charge on any atom is 0.154 e. The molecule has 0 N–H and O–H groups in total. The molecule has 0 aromatic carbocycles. The minimum absolute atomic E-state index is 0.655. The van der Waals surface area contributed by atoms with Crippen LogP contribution in [-0.4, -0.2) is 14.8 Å². The van der Waals surface area contributed by atoms with Gasteiger partial charge in [0.25, 0.3) is 0 Å². The highest BCUT2D eigenvalue weighted by atomic mass is 15.4. The Bertz CT molecular complexity index is 363. The lowest BCUT2D eigenvalue weighted by Crippen LogP contribution is -2.18. The number of hydrogen-bond donors (Lipinski definition) is 0. The number of hydrogen-bond acceptors (Lipinski definition) is 2. The van der Waals surface area contributed by atoms with E-state index in [2.05, 4.69) is 11.6 Å². The van der Waals surface area contributed by atoms with Gasteiger partial charge in [-0.2, -0.15) is 5.10 Å². The van der Waals surface area contributed by atoms with Crippen molar-refractivity contribution in [1.29, 1.82) is 0 Å². The van der Waals surface area contributed by atoms with Crippen molar-refractivity contribution in [3.8, 4) is 0 Å². The molecule has 2 heterocycles. The second-order valence-corrected chi connectivity index (χ2v) is 5.54. The number of fused-ring (bicyclic) bond motifs is 1. The van der Waals surface area contributed by atoms with Gasteiger partial charge in [0.05, 0.1) is 0 Å². The Morgan fingerprint density at radius 2 is 1.94 bits per heavy atom. The van der Waals surface area contributed by atoms with Crippen molar-refractivity contribution in [2.24, 2.45) is 5.92 Å². The fraction of sp³-hybridized carbons (Fsp3) is 0.846. The van der Waals surface area contributed by atoms with E-state index < -0.39 is 0 Å². The van der Waals surface area contributed by atoms with Gasteiger partial charge in [-0.05, 0) is 25.2 Å². The first-order valence-corrected chi connectivity index (χ1v) is 6.76. The van der Waals surface area contributed by atoms with Crippen LogP contribution in [0.1, 0.15) is 63.0 Å². The Balaban J connectivity index is 1.80. The Hall–Kier alpha value is -0.860. The summed E-state index contributed by atoms with van der Waals surface area (Å²) in [5, 5.41) is 4.71. The molecular weight excluding hydrogens is 198 g/mol. The number of rotatable bonds is 1. The molecule has 88 valence electrons. The zero-order valence-electron chi connectivity index (χ0n) is 10.2. The molecule has 1 aliphatic heterocycles. The third kappa shape index (κ3) is 1.87. The van der Waals surface area contributed by atoms with Crippen molar-refractivity contribution >= 4 is 0 Å². The quantitative estimate of drug-likeness (QED) is 0.727. The minimum atomic E-state index is 0.655. The third-order valence-electron chi connectivity index (χ3n) is 4.10. The first-order chi connectivity index (χ1) is 7.83. The van der Waals surface area contributed by atoms with Gasteiger partial charge in [-0.25, -0.2) is 9.67 Å². The maximum atomic E-state index is 4.78. The van der Waals surface area contributed by atoms with Crippen LogP contribution < -0.4 is 0 Å². The summed E-state index contributed by atoms with van der Waals surface area (Å²) in [6.07, 6.45) is 9.13. The van der Waals surface area contributed by atoms with Gasteiger partial charge in [0.15, 0.2) is 5.82 Å². The second kappa shape index (κ2) is 4.19. The van der Waals surface area contributed by atoms with E-state index in [9.17, 15) is 0 Å². The number of aromatic nitrogens is 3. The highest BCUT2D eigenvalue weighted by Crippen LogP contribution is 2.31. The Labute approximate surface area is 97.3 Å². The zero-order valence-corrected chi connectivity index (χ0v) is 10.2. The average molecular weight is 219 g/mol. The molecule has 0 amide bonds. The molecule has 0 bridgehead atoms. The van der Waals surface area contributed by atoms with Gasteiger partial charge in [0.2, 0.25) is 0 Å². The van der Waals surface area contributed by atoms with E-state index in [1.807, 2.05) is 0 Å².